The van der Waals surface area contributed by atoms with Crippen LogP contribution in [0.15, 0.2) is 29.4 Å². The van der Waals surface area contributed by atoms with Crippen LogP contribution in [0.2, 0.25) is 5.02 Å². The number of hydrogen-bond acceptors (Lipinski definition) is 4. The van der Waals surface area contributed by atoms with E-state index in [2.05, 4.69) is 19.9 Å². The Morgan fingerprint density at radius 1 is 1.26 bits per heavy atom. The number of fused-ring (bicyclic) bond motifs is 1. The summed E-state index contributed by atoms with van der Waals surface area (Å²) in [6.07, 6.45) is 1.98. The Balaban J connectivity index is 1.85. The first-order valence-corrected chi connectivity index (χ1v) is 8.86. The molecule has 0 atom stereocenters. The van der Waals surface area contributed by atoms with Crippen molar-refractivity contribution in [3.63, 3.8) is 0 Å². The van der Waals surface area contributed by atoms with E-state index in [1.54, 1.807) is 18.2 Å². The van der Waals surface area contributed by atoms with Crippen LogP contribution in [0.4, 0.5) is 0 Å². The molecule has 23 heavy (non-hydrogen) atoms. The highest BCUT2D eigenvalue weighted by molar-refractivity contribution is 7.89. The van der Waals surface area contributed by atoms with Gasteiger partial charge in [0, 0.05) is 18.5 Å². The van der Waals surface area contributed by atoms with Gasteiger partial charge in [-0.3, -0.25) is 0 Å². The minimum Gasteiger partial charge on any atom is -0.341 e. The van der Waals surface area contributed by atoms with Gasteiger partial charge in [0.05, 0.1) is 23.8 Å². The number of nitrogens with zero attached hydrogens (tertiary/aromatic N) is 3. The molecule has 0 aliphatic rings. The first-order chi connectivity index (χ1) is 10.9. The van der Waals surface area contributed by atoms with Gasteiger partial charge in [0.25, 0.3) is 10.0 Å². The number of rotatable bonds is 5. The zero-order valence-corrected chi connectivity index (χ0v) is 14.2. The van der Waals surface area contributed by atoms with E-state index in [4.69, 9.17) is 11.6 Å². The number of sulfonamides is 1. The predicted octanol–water partition coefficient (Wildman–Crippen LogP) is 2.32. The highest BCUT2D eigenvalue weighted by Crippen LogP contribution is 2.19. The maximum absolute atomic E-state index is 12.5. The molecule has 9 heteroatoms. The fourth-order valence-corrected chi connectivity index (χ4v) is 3.46. The van der Waals surface area contributed by atoms with E-state index in [0.29, 0.717) is 23.1 Å². The van der Waals surface area contributed by atoms with Crippen LogP contribution in [0.1, 0.15) is 18.6 Å². The molecule has 0 saturated carbocycles. The number of aromatic amines is 2. The monoisotopic (exact) mass is 353 g/mol. The first-order valence-electron chi connectivity index (χ1n) is 7.04. The summed E-state index contributed by atoms with van der Waals surface area (Å²) in [5.41, 5.74) is 1.51. The van der Waals surface area contributed by atoms with E-state index in [0.717, 1.165) is 11.0 Å². The number of hydrogen-bond donors (Lipinski definition) is 2. The lowest BCUT2D eigenvalue weighted by Crippen LogP contribution is -2.27. The number of halogens is 1. The molecule has 0 fully saturated rings. The van der Waals surface area contributed by atoms with Gasteiger partial charge in [-0.25, -0.2) is 18.4 Å². The van der Waals surface area contributed by atoms with E-state index in [9.17, 15) is 8.42 Å². The summed E-state index contributed by atoms with van der Waals surface area (Å²) in [5.74, 6) is 1.18. The fourth-order valence-electron chi connectivity index (χ4n) is 2.23. The SMILES string of the molecule is CCc1ncc(S(=O)(=O)N(C)Cc2nc3ccc(Cl)cc3[nH]2)[nH]1. The summed E-state index contributed by atoms with van der Waals surface area (Å²) in [6.45, 7) is 2.02. The summed E-state index contributed by atoms with van der Waals surface area (Å²) in [6, 6.07) is 5.28. The molecular weight excluding hydrogens is 338 g/mol. The molecule has 0 bridgehead atoms. The van der Waals surface area contributed by atoms with E-state index >= 15 is 0 Å². The van der Waals surface area contributed by atoms with Crippen molar-refractivity contribution in [1.29, 1.82) is 0 Å². The van der Waals surface area contributed by atoms with Crippen LogP contribution in [0.5, 0.6) is 0 Å². The molecule has 3 aromatic rings. The van der Waals surface area contributed by atoms with E-state index < -0.39 is 10.0 Å². The molecule has 0 amide bonds. The van der Waals surface area contributed by atoms with Gasteiger partial charge in [0.1, 0.15) is 11.6 Å². The molecule has 0 aliphatic heterocycles. The normalized spacial score (nSPS) is 12.3. The smallest absolute Gasteiger partial charge is 0.260 e. The van der Waals surface area contributed by atoms with Gasteiger partial charge in [-0.15, -0.1) is 0 Å². The van der Waals surface area contributed by atoms with Gasteiger partial charge >= 0.3 is 0 Å². The Bertz CT molecular complexity index is 947. The lowest BCUT2D eigenvalue weighted by molar-refractivity contribution is 0.456. The van der Waals surface area contributed by atoms with Crippen molar-refractivity contribution in [3.8, 4) is 0 Å². The third-order valence-corrected chi connectivity index (χ3v) is 5.44. The molecule has 1 aromatic carbocycles. The lowest BCUT2D eigenvalue weighted by atomic mass is 10.3. The van der Waals surface area contributed by atoms with Crippen LogP contribution in [0.3, 0.4) is 0 Å². The van der Waals surface area contributed by atoms with Crippen molar-refractivity contribution in [3.05, 3.63) is 41.1 Å². The van der Waals surface area contributed by atoms with Crippen LogP contribution >= 0.6 is 11.6 Å². The molecule has 7 nitrogen and oxygen atoms in total. The summed E-state index contributed by atoms with van der Waals surface area (Å²) < 4.78 is 26.3. The molecule has 0 aliphatic carbocycles. The van der Waals surface area contributed by atoms with Gasteiger partial charge in [-0.05, 0) is 18.2 Å². The number of benzene rings is 1. The largest absolute Gasteiger partial charge is 0.341 e. The predicted molar refractivity (Wildman–Crippen MR) is 87.7 cm³/mol. The summed E-state index contributed by atoms with van der Waals surface area (Å²) in [5, 5.41) is 0.675. The third-order valence-electron chi connectivity index (χ3n) is 3.49. The molecule has 0 spiro atoms. The van der Waals surface area contributed by atoms with E-state index in [-0.39, 0.29) is 11.6 Å². The number of H-pyrrole nitrogens is 2. The molecule has 2 aromatic heterocycles. The average molecular weight is 354 g/mol. The molecule has 0 unspecified atom stereocenters. The summed E-state index contributed by atoms with van der Waals surface area (Å²) in [4.78, 5) is 14.3. The highest BCUT2D eigenvalue weighted by atomic mass is 35.5. The topological polar surface area (TPSA) is 94.7 Å². The Hall–Kier alpha value is -1.90. The summed E-state index contributed by atoms with van der Waals surface area (Å²) >= 11 is 5.94. The Morgan fingerprint density at radius 3 is 2.74 bits per heavy atom. The quantitative estimate of drug-likeness (QED) is 0.735. The van der Waals surface area contributed by atoms with Crippen LogP contribution < -0.4 is 0 Å². The van der Waals surface area contributed by atoms with Crippen LogP contribution in [0, 0.1) is 0 Å². The second kappa shape index (κ2) is 5.95. The average Bonchev–Trinajstić information content (AvgIpc) is 3.12. The molecule has 122 valence electrons. The van der Waals surface area contributed by atoms with Gasteiger partial charge in [-0.2, -0.15) is 4.31 Å². The molecule has 0 radical (unpaired) electrons. The second-order valence-electron chi connectivity index (χ2n) is 5.15. The van der Waals surface area contributed by atoms with Gasteiger partial charge in [0.15, 0.2) is 5.03 Å². The molecule has 3 rings (SSSR count). The molecule has 0 saturated heterocycles. The number of nitrogens with one attached hydrogen (secondary N) is 2. The summed E-state index contributed by atoms with van der Waals surface area (Å²) in [7, 11) is -2.14. The molecule has 2 heterocycles. The van der Waals surface area contributed by atoms with Crippen molar-refractivity contribution >= 4 is 32.7 Å². The number of aromatic nitrogens is 4. The lowest BCUT2D eigenvalue weighted by Gasteiger charge is -2.14. The van der Waals surface area contributed by atoms with Crippen LogP contribution in [-0.4, -0.2) is 39.7 Å². The van der Waals surface area contributed by atoms with Crippen molar-refractivity contribution < 1.29 is 8.42 Å². The number of aryl methyl sites for hydroxylation is 1. The maximum atomic E-state index is 12.5. The van der Waals surface area contributed by atoms with E-state index in [1.807, 2.05) is 6.92 Å². The zero-order chi connectivity index (χ0) is 16.6. The minimum atomic E-state index is -3.64. The van der Waals surface area contributed by atoms with Gasteiger partial charge < -0.3 is 9.97 Å². The zero-order valence-electron chi connectivity index (χ0n) is 12.7. The van der Waals surface area contributed by atoms with Crippen molar-refractivity contribution in [2.45, 2.75) is 24.9 Å². The van der Waals surface area contributed by atoms with Crippen molar-refractivity contribution in [1.82, 2.24) is 24.2 Å². The first kappa shape index (κ1) is 16.0. The third kappa shape index (κ3) is 3.10. The van der Waals surface area contributed by atoms with Gasteiger partial charge in [0.2, 0.25) is 0 Å². The Labute approximate surface area is 138 Å². The molecular formula is C14H16ClN5O2S. The van der Waals surface area contributed by atoms with Crippen LogP contribution in [0.25, 0.3) is 11.0 Å². The van der Waals surface area contributed by atoms with E-state index in [1.165, 1.54) is 17.5 Å². The Kier molecular flexibility index (Phi) is 4.13. The van der Waals surface area contributed by atoms with Crippen molar-refractivity contribution in [2.75, 3.05) is 7.05 Å². The van der Waals surface area contributed by atoms with Crippen LogP contribution in [-0.2, 0) is 23.0 Å². The maximum Gasteiger partial charge on any atom is 0.260 e. The number of imidazole rings is 2. The molecule has 2 N–H and O–H groups in total. The fraction of sp³-hybridized carbons (Fsp3) is 0.286. The van der Waals surface area contributed by atoms with Gasteiger partial charge in [-0.1, -0.05) is 18.5 Å². The Morgan fingerprint density at radius 2 is 2.04 bits per heavy atom. The second-order valence-corrected chi connectivity index (χ2v) is 7.60. The highest BCUT2D eigenvalue weighted by Gasteiger charge is 2.24. The minimum absolute atomic E-state index is 0.0796. The standard InChI is InChI=1S/C14H16ClN5O2S/c1-3-12-16-7-14(19-12)23(21,22)20(2)8-13-17-10-5-4-9(15)6-11(10)18-13/h4-7H,3,8H2,1-2H3,(H,16,19)(H,17,18). The van der Waals surface area contributed by atoms with Crippen molar-refractivity contribution in [2.24, 2.45) is 0 Å².